The van der Waals surface area contributed by atoms with Gasteiger partial charge in [0.15, 0.2) is 0 Å². The van der Waals surface area contributed by atoms with Crippen molar-refractivity contribution in [3.63, 3.8) is 0 Å². The van der Waals surface area contributed by atoms with E-state index in [2.05, 4.69) is 15.3 Å². The van der Waals surface area contributed by atoms with Crippen LogP contribution in [0.3, 0.4) is 0 Å². The van der Waals surface area contributed by atoms with E-state index in [-0.39, 0.29) is 17.9 Å². The summed E-state index contributed by atoms with van der Waals surface area (Å²) in [5.41, 5.74) is 1.09. The van der Waals surface area contributed by atoms with Gasteiger partial charge in [-0.1, -0.05) is 12.1 Å². The SMILES string of the molecule is C[C@H](Cn1cccn1)NC(=O)N1CCN(Cc2ccc(F)cc2)CC1. The highest BCUT2D eigenvalue weighted by molar-refractivity contribution is 5.74. The number of rotatable bonds is 5. The molecule has 2 amide bonds. The second-order valence-electron chi connectivity index (χ2n) is 6.47. The van der Waals surface area contributed by atoms with Crippen molar-refractivity contribution in [2.45, 2.75) is 26.1 Å². The number of hydrogen-bond acceptors (Lipinski definition) is 3. The van der Waals surface area contributed by atoms with Gasteiger partial charge in [0.2, 0.25) is 0 Å². The van der Waals surface area contributed by atoms with Crippen LogP contribution in [0.15, 0.2) is 42.7 Å². The number of carbonyl (C=O) groups is 1. The number of hydrogen-bond donors (Lipinski definition) is 1. The van der Waals surface area contributed by atoms with Crippen LogP contribution in [0.4, 0.5) is 9.18 Å². The van der Waals surface area contributed by atoms with Gasteiger partial charge < -0.3 is 10.2 Å². The Kier molecular flexibility index (Phi) is 5.65. The first-order valence-electron chi connectivity index (χ1n) is 8.60. The molecule has 3 rings (SSSR count). The first-order chi connectivity index (χ1) is 12.1. The standard InChI is InChI=1S/C18H24FN5O/c1-15(13-24-8-2-7-20-24)21-18(25)23-11-9-22(10-12-23)14-16-3-5-17(19)6-4-16/h2-8,15H,9-14H2,1H3,(H,21,25)/t15-/m1/s1. The molecule has 7 heteroatoms. The Morgan fingerprint density at radius 1 is 1.24 bits per heavy atom. The number of nitrogens with zero attached hydrogens (tertiary/aromatic N) is 4. The molecule has 1 saturated heterocycles. The molecule has 0 spiro atoms. The third-order valence-corrected chi connectivity index (χ3v) is 4.37. The first kappa shape index (κ1) is 17.4. The topological polar surface area (TPSA) is 53.4 Å². The normalized spacial score (nSPS) is 16.6. The molecule has 0 unspecified atom stereocenters. The van der Waals surface area contributed by atoms with Gasteiger partial charge in [-0.2, -0.15) is 5.10 Å². The molecule has 25 heavy (non-hydrogen) atoms. The summed E-state index contributed by atoms with van der Waals surface area (Å²) in [5.74, 6) is -0.213. The zero-order valence-electron chi connectivity index (χ0n) is 14.4. The van der Waals surface area contributed by atoms with Gasteiger partial charge in [-0.3, -0.25) is 9.58 Å². The lowest BCUT2D eigenvalue weighted by molar-refractivity contribution is 0.133. The van der Waals surface area contributed by atoms with Gasteiger partial charge in [0.1, 0.15) is 5.82 Å². The summed E-state index contributed by atoms with van der Waals surface area (Å²) >= 11 is 0. The molecule has 1 aromatic carbocycles. The summed E-state index contributed by atoms with van der Waals surface area (Å²) < 4.78 is 14.8. The van der Waals surface area contributed by atoms with Crippen molar-refractivity contribution < 1.29 is 9.18 Å². The van der Waals surface area contributed by atoms with Gasteiger partial charge in [0.05, 0.1) is 6.54 Å². The van der Waals surface area contributed by atoms with Crippen molar-refractivity contribution in [2.75, 3.05) is 26.2 Å². The number of benzene rings is 1. The predicted molar refractivity (Wildman–Crippen MR) is 93.5 cm³/mol. The zero-order valence-corrected chi connectivity index (χ0v) is 14.4. The molecule has 0 bridgehead atoms. The van der Waals surface area contributed by atoms with Crippen molar-refractivity contribution in [1.82, 2.24) is 24.9 Å². The minimum Gasteiger partial charge on any atom is -0.334 e. The minimum atomic E-state index is -0.213. The van der Waals surface area contributed by atoms with E-state index in [9.17, 15) is 9.18 Å². The summed E-state index contributed by atoms with van der Waals surface area (Å²) in [5, 5.41) is 7.18. The molecule has 1 fully saturated rings. The number of piperazine rings is 1. The van der Waals surface area contributed by atoms with Crippen LogP contribution in [0.25, 0.3) is 0 Å². The molecule has 6 nitrogen and oxygen atoms in total. The van der Waals surface area contributed by atoms with Gasteiger partial charge >= 0.3 is 6.03 Å². The van der Waals surface area contributed by atoms with Gasteiger partial charge in [0, 0.05) is 51.2 Å². The monoisotopic (exact) mass is 345 g/mol. The maximum atomic E-state index is 13.0. The van der Waals surface area contributed by atoms with E-state index in [1.54, 1.807) is 6.20 Å². The Morgan fingerprint density at radius 2 is 1.96 bits per heavy atom. The van der Waals surface area contributed by atoms with Crippen LogP contribution in [0.5, 0.6) is 0 Å². The number of aromatic nitrogens is 2. The fourth-order valence-corrected chi connectivity index (χ4v) is 2.99. The van der Waals surface area contributed by atoms with E-state index in [1.807, 2.05) is 40.9 Å². The van der Waals surface area contributed by atoms with Crippen molar-refractivity contribution in [3.8, 4) is 0 Å². The van der Waals surface area contributed by atoms with Gasteiger partial charge in [-0.25, -0.2) is 9.18 Å². The maximum Gasteiger partial charge on any atom is 0.317 e. The summed E-state index contributed by atoms with van der Waals surface area (Å²) in [6.45, 7) is 6.44. The summed E-state index contributed by atoms with van der Waals surface area (Å²) in [4.78, 5) is 16.5. The van der Waals surface area contributed by atoms with Crippen molar-refractivity contribution in [1.29, 1.82) is 0 Å². The molecular formula is C18H24FN5O. The van der Waals surface area contributed by atoms with Crippen molar-refractivity contribution >= 4 is 6.03 Å². The molecule has 134 valence electrons. The average Bonchev–Trinajstić information content (AvgIpc) is 3.10. The van der Waals surface area contributed by atoms with Crippen LogP contribution < -0.4 is 5.32 Å². The lowest BCUT2D eigenvalue weighted by Crippen LogP contribution is -2.53. The van der Waals surface area contributed by atoms with E-state index >= 15 is 0 Å². The predicted octanol–water partition coefficient (Wildman–Crippen LogP) is 1.94. The van der Waals surface area contributed by atoms with Crippen molar-refractivity contribution in [3.05, 3.63) is 54.1 Å². The number of urea groups is 1. The fraction of sp³-hybridized carbons (Fsp3) is 0.444. The molecule has 1 aromatic heterocycles. The zero-order chi connectivity index (χ0) is 17.6. The molecule has 2 aromatic rings. The second kappa shape index (κ2) is 8.11. The fourth-order valence-electron chi connectivity index (χ4n) is 2.99. The van der Waals surface area contributed by atoms with Crippen molar-refractivity contribution in [2.24, 2.45) is 0 Å². The Morgan fingerprint density at radius 3 is 2.60 bits per heavy atom. The van der Waals surface area contributed by atoms with E-state index in [0.29, 0.717) is 19.6 Å². The number of amides is 2. The van der Waals surface area contributed by atoms with Crippen LogP contribution in [-0.4, -0.2) is 57.8 Å². The Balaban J connectivity index is 1.42. The highest BCUT2D eigenvalue weighted by Crippen LogP contribution is 2.10. The number of carbonyl (C=O) groups excluding carboxylic acids is 1. The van der Waals surface area contributed by atoms with Crippen LogP contribution >= 0.6 is 0 Å². The molecule has 1 aliphatic rings. The number of halogens is 1. The molecule has 0 radical (unpaired) electrons. The van der Waals surface area contributed by atoms with E-state index in [1.165, 1.54) is 12.1 Å². The molecule has 1 aliphatic heterocycles. The summed E-state index contributed by atoms with van der Waals surface area (Å²) in [7, 11) is 0. The Bertz CT molecular complexity index is 665. The third-order valence-electron chi connectivity index (χ3n) is 4.37. The van der Waals surface area contributed by atoms with Gasteiger partial charge in [-0.05, 0) is 30.7 Å². The maximum absolute atomic E-state index is 13.0. The van der Waals surface area contributed by atoms with Crippen LogP contribution in [0.1, 0.15) is 12.5 Å². The molecule has 1 atom stereocenters. The first-order valence-corrected chi connectivity index (χ1v) is 8.60. The molecule has 1 N–H and O–H groups in total. The van der Waals surface area contributed by atoms with Crippen LogP contribution in [0, 0.1) is 5.82 Å². The quantitative estimate of drug-likeness (QED) is 0.901. The summed E-state index contributed by atoms with van der Waals surface area (Å²) in [6, 6.07) is 8.46. The molecule has 0 saturated carbocycles. The highest BCUT2D eigenvalue weighted by Gasteiger charge is 2.22. The smallest absolute Gasteiger partial charge is 0.317 e. The highest BCUT2D eigenvalue weighted by atomic mass is 19.1. The Labute approximate surface area is 147 Å². The number of nitrogens with one attached hydrogen (secondary N) is 1. The lowest BCUT2D eigenvalue weighted by Gasteiger charge is -2.35. The average molecular weight is 345 g/mol. The summed E-state index contributed by atoms with van der Waals surface area (Å²) in [6.07, 6.45) is 3.62. The largest absolute Gasteiger partial charge is 0.334 e. The molecular weight excluding hydrogens is 321 g/mol. The van der Waals surface area contributed by atoms with Gasteiger partial charge in [-0.15, -0.1) is 0 Å². The van der Waals surface area contributed by atoms with Gasteiger partial charge in [0.25, 0.3) is 0 Å². The molecule has 0 aliphatic carbocycles. The second-order valence-corrected chi connectivity index (χ2v) is 6.47. The third kappa shape index (κ3) is 5.03. The Hall–Kier alpha value is -2.41. The van der Waals surface area contributed by atoms with Crippen LogP contribution in [0.2, 0.25) is 0 Å². The van der Waals surface area contributed by atoms with Crippen LogP contribution in [-0.2, 0) is 13.1 Å². The van der Waals surface area contributed by atoms with E-state index in [0.717, 1.165) is 25.2 Å². The molecule has 2 heterocycles. The van der Waals surface area contributed by atoms with E-state index in [4.69, 9.17) is 0 Å². The lowest BCUT2D eigenvalue weighted by atomic mass is 10.2. The minimum absolute atomic E-state index is 0.0182. The van der Waals surface area contributed by atoms with E-state index < -0.39 is 0 Å².